The highest BCUT2D eigenvalue weighted by molar-refractivity contribution is 7.92. The van der Waals surface area contributed by atoms with Crippen molar-refractivity contribution in [1.82, 2.24) is 5.32 Å². The summed E-state index contributed by atoms with van der Waals surface area (Å²) in [4.78, 5) is 11.6. The summed E-state index contributed by atoms with van der Waals surface area (Å²) in [5.41, 5.74) is 0.764. The molecule has 0 radical (unpaired) electrons. The predicted octanol–water partition coefficient (Wildman–Crippen LogP) is 1.26. The lowest BCUT2D eigenvalue weighted by Gasteiger charge is -2.12. The molecule has 3 N–H and O–H groups in total. The van der Waals surface area contributed by atoms with E-state index in [1.165, 1.54) is 12.1 Å². The molecule has 0 aliphatic rings. The minimum absolute atomic E-state index is 0.206. The van der Waals surface area contributed by atoms with Gasteiger partial charge in [-0.05, 0) is 32.2 Å². The maximum absolute atomic E-state index is 11.6. The minimum atomic E-state index is -3.38. The average Bonchev–Trinajstić information content (AvgIpc) is 2.30. The molecule has 1 atom stereocenters. The number of carbonyl (C=O) groups excluding carboxylic acids is 1. The van der Waals surface area contributed by atoms with E-state index in [2.05, 4.69) is 15.4 Å². The molecule has 1 rings (SSSR count). The van der Waals surface area contributed by atoms with E-state index in [4.69, 9.17) is 11.6 Å². The summed E-state index contributed by atoms with van der Waals surface area (Å²) in [6, 6.07) is 4.20. The van der Waals surface area contributed by atoms with E-state index in [0.29, 0.717) is 5.69 Å². The quantitative estimate of drug-likeness (QED) is 0.764. The van der Waals surface area contributed by atoms with Gasteiger partial charge in [0.25, 0.3) is 0 Å². The molecule has 0 aromatic heterocycles. The van der Waals surface area contributed by atoms with Gasteiger partial charge in [0.2, 0.25) is 15.9 Å². The van der Waals surface area contributed by atoms with Gasteiger partial charge in [-0.25, -0.2) is 8.42 Å². The Morgan fingerprint density at radius 3 is 2.47 bits per heavy atom. The summed E-state index contributed by atoms with van der Waals surface area (Å²) in [5, 5.41) is 5.67. The van der Waals surface area contributed by atoms with Gasteiger partial charge in [0, 0.05) is 5.69 Å². The van der Waals surface area contributed by atoms with Crippen molar-refractivity contribution in [3.05, 3.63) is 23.2 Å². The molecule has 1 amide bonds. The fourth-order valence-corrected chi connectivity index (χ4v) is 2.12. The van der Waals surface area contributed by atoms with Crippen molar-refractivity contribution in [3.8, 4) is 0 Å². The third-order valence-corrected chi connectivity index (χ3v) is 3.26. The molecule has 0 aliphatic carbocycles. The lowest BCUT2D eigenvalue weighted by molar-refractivity contribution is -0.117. The maximum atomic E-state index is 11.6. The highest BCUT2D eigenvalue weighted by atomic mass is 35.5. The second-order valence-corrected chi connectivity index (χ2v) is 6.22. The fourth-order valence-electron chi connectivity index (χ4n) is 1.26. The highest BCUT2D eigenvalue weighted by Crippen LogP contribution is 2.26. The van der Waals surface area contributed by atoms with Crippen LogP contribution in [0.25, 0.3) is 0 Å². The average molecular weight is 306 g/mol. The largest absolute Gasteiger partial charge is 0.325 e. The first kappa shape index (κ1) is 15.7. The number of nitrogens with one attached hydrogen (secondary N) is 3. The second kappa shape index (κ2) is 6.23. The molecular weight excluding hydrogens is 290 g/mol. The topological polar surface area (TPSA) is 87.3 Å². The Balaban J connectivity index is 2.86. The number of anilines is 2. The van der Waals surface area contributed by atoms with Crippen LogP contribution in [0.4, 0.5) is 11.4 Å². The van der Waals surface area contributed by atoms with Crippen LogP contribution < -0.4 is 15.4 Å². The van der Waals surface area contributed by atoms with Gasteiger partial charge in [-0.3, -0.25) is 9.52 Å². The van der Waals surface area contributed by atoms with Crippen molar-refractivity contribution in [1.29, 1.82) is 0 Å². The SMILES string of the molecule is CNC(C)C(=O)Nc1ccc(NS(C)(=O)=O)c(Cl)c1. The van der Waals surface area contributed by atoms with Crippen LogP contribution in [-0.2, 0) is 14.8 Å². The molecule has 106 valence electrons. The third-order valence-electron chi connectivity index (χ3n) is 2.36. The van der Waals surface area contributed by atoms with Crippen LogP contribution in [0.2, 0.25) is 5.02 Å². The normalized spacial score (nSPS) is 12.8. The Labute approximate surface area is 117 Å². The van der Waals surface area contributed by atoms with Crippen LogP contribution in [-0.4, -0.2) is 33.7 Å². The fraction of sp³-hybridized carbons (Fsp3) is 0.364. The number of sulfonamides is 1. The zero-order valence-electron chi connectivity index (χ0n) is 10.8. The molecule has 0 spiro atoms. The predicted molar refractivity (Wildman–Crippen MR) is 77.1 cm³/mol. The van der Waals surface area contributed by atoms with Crippen LogP contribution in [0, 0.1) is 0 Å². The highest BCUT2D eigenvalue weighted by Gasteiger charge is 2.12. The first-order chi connectivity index (χ1) is 8.73. The van der Waals surface area contributed by atoms with E-state index < -0.39 is 10.0 Å². The molecule has 1 aromatic rings. The van der Waals surface area contributed by atoms with Crippen LogP contribution in [0.5, 0.6) is 0 Å². The van der Waals surface area contributed by atoms with Crippen LogP contribution >= 0.6 is 11.6 Å². The molecule has 1 unspecified atom stereocenters. The van der Waals surface area contributed by atoms with Gasteiger partial charge in [-0.2, -0.15) is 0 Å². The van der Waals surface area contributed by atoms with Gasteiger partial charge >= 0.3 is 0 Å². The van der Waals surface area contributed by atoms with Crippen LogP contribution in [0.3, 0.4) is 0 Å². The Kier molecular flexibility index (Phi) is 5.16. The van der Waals surface area contributed by atoms with Crippen molar-refractivity contribution < 1.29 is 13.2 Å². The number of halogens is 1. The second-order valence-electron chi connectivity index (χ2n) is 4.07. The molecule has 8 heteroatoms. The molecular formula is C11H16ClN3O3S. The van der Waals surface area contributed by atoms with E-state index >= 15 is 0 Å². The van der Waals surface area contributed by atoms with Crippen LogP contribution in [0.1, 0.15) is 6.92 Å². The number of rotatable bonds is 5. The minimum Gasteiger partial charge on any atom is -0.325 e. The number of hydrogen-bond donors (Lipinski definition) is 3. The zero-order valence-corrected chi connectivity index (χ0v) is 12.4. The summed E-state index contributed by atoms with van der Waals surface area (Å²) in [7, 11) is -1.71. The van der Waals surface area contributed by atoms with Gasteiger partial charge in [0.15, 0.2) is 0 Å². The monoisotopic (exact) mass is 305 g/mol. The van der Waals surface area contributed by atoms with Gasteiger partial charge in [0.05, 0.1) is 23.0 Å². The van der Waals surface area contributed by atoms with Gasteiger partial charge < -0.3 is 10.6 Å². The van der Waals surface area contributed by atoms with Crippen molar-refractivity contribution in [3.63, 3.8) is 0 Å². The van der Waals surface area contributed by atoms with Crippen LogP contribution in [0.15, 0.2) is 18.2 Å². The number of amides is 1. The molecule has 19 heavy (non-hydrogen) atoms. The van der Waals surface area contributed by atoms with Crippen molar-refractivity contribution in [2.75, 3.05) is 23.3 Å². The lowest BCUT2D eigenvalue weighted by Crippen LogP contribution is -2.35. The molecule has 0 bridgehead atoms. The summed E-state index contributed by atoms with van der Waals surface area (Å²) in [6.07, 6.45) is 1.04. The molecule has 0 fully saturated rings. The number of benzene rings is 1. The molecule has 0 heterocycles. The van der Waals surface area contributed by atoms with E-state index in [1.54, 1.807) is 20.0 Å². The number of carbonyl (C=O) groups is 1. The van der Waals surface area contributed by atoms with Gasteiger partial charge in [-0.15, -0.1) is 0 Å². The van der Waals surface area contributed by atoms with E-state index in [0.717, 1.165) is 6.26 Å². The van der Waals surface area contributed by atoms with Crippen molar-refractivity contribution in [2.24, 2.45) is 0 Å². The summed E-state index contributed by atoms with van der Waals surface area (Å²) in [5.74, 6) is -0.206. The van der Waals surface area contributed by atoms with Crippen molar-refractivity contribution in [2.45, 2.75) is 13.0 Å². The summed E-state index contributed by atoms with van der Waals surface area (Å²) >= 11 is 5.94. The zero-order chi connectivity index (χ0) is 14.6. The van der Waals surface area contributed by atoms with Crippen molar-refractivity contribution >= 4 is 38.9 Å². The Morgan fingerprint density at radius 1 is 1.37 bits per heavy atom. The number of hydrogen-bond acceptors (Lipinski definition) is 4. The smallest absolute Gasteiger partial charge is 0.241 e. The van der Waals surface area contributed by atoms with E-state index in [1.807, 2.05) is 0 Å². The van der Waals surface area contributed by atoms with Gasteiger partial charge in [-0.1, -0.05) is 11.6 Å². The van der Waals surface area contributed by atoms with E-state index in [9.17, 15) is 13.2 Å². The Hall–Kier alpha value is -1.31. The molecule has 6 nitrogen and oxygen atoms in total. The molecule has 0 saturated carbocycles. The summed E-state index contributed by atoms with van der Waals surface area (Å²) in [6.45, 7) is 1.72. The lowest BCUT2D eigenvalue weighted by atomic mass is 10.2. The van der Waals surface area contributed by atoms with E-state index in [-0.39, 0.29) is 22.7 Å². The first-order valence-corrected chi connectivity index (χ1v) is 7.75. The number of likely N-dealkylation sites (N-methyl/N-ethyl adjacent to an activating group) is 1. The summed E-state index contributed by atoms with van der Waals surface area (Å²) < 4.78 is 24.5. The molecule has 0 aliphatic heterocycles. The standard InChI is InChI=1S/C11H16ClN3O3S/c1-7(13-2)11(16)14-8-4-5-10(9(12)6-8)15-19(3,17)18/h4-7,13,15H,1-3H3,(H,14,16). The molecule has 1 aromatic carbocycles. The third kappa shape index (κ3) is 5.06. The Morgan fingerprint density at radius 2 is 2.00 bits per heavy atom. The van der Waals surface area contributed by atoms with Gasteiger partial charge in [0.1, 0.15) is 0 Å². The first-order valence-electron chi connectivity index (χ1n) is 5.48. The Bertz CT molecular complexity index is 575. The molecule has 0 saturated heterocycles. The maximum Gasteiger partial charge on any atom is 0.241 e.